The monoisotopic (exact) mass is 545 g/mol. The zero-order chi connectivity index (χ0) is 27.6. The van der Waals surface area contributed by atoms with Crippen molar-refractivity contribution >= 4 is 5.91 Å². The van der Waals surface area contributed by atoms with E-state index in [0.717, 1.165) is 6.92 Å². The Morgan fingerprint density at radius 2 is 1.08 bits per heavy atom. The van der Waals surface area contributed by atoms with Crippen LogP contribution in [0.25, 0.3) is 0 Å². The van der Waals surface area contributed by atoms with Crippen molar-refractivity contribution in [2.75, 3.05) is 19.8 Å². The van der Waals surface area contributed by atoms with Crippen LogP contribution < -0.4 is 5.32 Å². The highest BCUT2D eigenvalue weighted by Gasteiger charge is 2.54. The first-order chi connectivity index (χ1) is 17.4. The van der Waals surface area contributed by atoms with Crippen molar-refractivity contribution in [2.45, 2.75) is 99.0 Å². The smallest absolute Gasteiger partial charge is 0.217 e. The van der Waals surface area contributed by atoms with E-state index in [1.165, 1.54) is 0 Å². The van der Waals surface area contributed by atoms with E-state index >= 15 is 0 Å². The molecule has 37 heavy (non-hydrogen) atoms. The molecule has 216 valence electrons. The van der Waals surface area contributed by atoms with Crippen molar-refractivity contribution in [2.24, 2.45) is 0 Å². The number of carbonyl (C=O) groups excluding carboxylic acids is 1. The number of hydrogen-bond acceptors (Lipinski definition) is 16. The van der Waals surface area contributed by atoms with Gasteiger partial charge in [-0.25, -0.2) is 0 Å². The number of nitrogens with one attached hydrogen (secondary N) is 1. The van der Waals surface area contributed by atoms with Crippen molar-refractivity contribution in [3.05, 3.63) is 0 Å². The fourth-order valence-corrected chi connectivity index (χ4v) is 4.43. The van der Waals surface area contributed by atoms with E-state index in [0.29, 0.717) is 0 Å². The average Bonchev–Trinajstić information content (AvgIpc) is 2.86. The minimum absolute atomic E-state index is 0.664. The van der Waals surface area contributed by atoms with E-state index in [1.807, 2.05) is 0 Å². The van der Waals surface area contributed by atoms with Crippen molar-refractivity contribution in [3.63, 3.8) is 0 Å². The van der Waals surface area contributed by atoms with Gasteiger partial charge in [-0.2, -0.15) is 0 Å². The molecule has 0 spiro atoms. The van der Waals surface area contributed by atoms with Gasteiger partial charge in [-0.05, 0) is 0 Å². The summed E-state index contributed by atoms with van der Waals surface area (Å²) in [4.78, 5) is 11.7. The Kier molecular flexibility index (Phi) is 10.5. The molecule has 15 atom stereocenters. The number of carbonyl (C=O) groups is 1. The van der Waals surface area contributed by atoms with E-state index < -0.39 is 118 Å². The number of aliphatic hydroxyl groups excluding tert-OH is 10. The predicted octanol–water partition coefficient (Wildman–Crippen LogP) is -7.43. The normalized spacial score (nSPS) is 49.0. The van der Waals surface area contributed by atoms with Gasteiger partial charge in [0.1, 0.15) is 73.2 Å². The van der Waals surface area contributed by atoms with Gasteiger partial charge in [0.15, 0.2) is 18.9 Å². The summed E-state index contributed by atoms with van der Waals surface area (Å²) >= 11 is 0. The molecule has 0 radical (unpaired) electrons. The zero-order valence-corrected chi connectivity index (χ0v) is 19.7. The molecule has 1 unspecified atom stereocenters. The molecule has 17 nitrogen and oxygen atoms in total. The number of ether oxygens (including phenoxy) is 5. The van der Waals surface area contributed by atoms with E-state index in [2.05, 4.69) is 5.32 Å². The van der Waals surface area contributed by atoms with Gasteiger partial charge in [0.25, 0.3) is 0 Å². The first kappa shape index (κ1) is 30.4. The van der Waals surface area contributed by atoms with E-state index in [1.54, 1.807) is 0 Å². The van der Waals surface area contributed by atoms with Crippen LogP contribution in [0, 0.1) is 0 Å². The van der Waals surface area contributed by atoms with Gasteiger partial charge in [0, 0.05) is 6.92 Å². The summed E-state index contributed by atoms with van der Waals surface area (Å²) in [5, 5.41) is 103. The Morgan fingerprint density at radius 1 is 0.649 bits per heavy atom. The molecular formula is C20H35NO16. The quantitative estimate of drug-likeness (QED) is 0.135. The molecule has 3 rings (SSSR count). The molecule has 0 aliphatic carbocycles. The second kappa shape index (κ2) is 12.8. The lowest BCUT2D eigenvalue weighted by molar-refractivity contribution is -0.385. The minimum atomic E-state index is -1.91. The van der Waals surface area contributed by atoms with E-state index in [9.17, 15) is 55.9 Å². The minimum Gasteiger partial charge on any atom is -0.394 e. The number of aliphatic hydroxyl groups is 10. The van der Waals surface area contributed by atoms with Crippen LogP contribution in [-0.4, -0.2) is 169 Å². The Balaban J connectivity index is 1.88. The molecule has 17 heteroatoms. The Hall–Kier alpha value is -1.13. The van der Waals surface area contributed by atoms with Gasteiger partial charge in [-0.15, -0.1) is 0 Å². The average molecular weight is 545 g/mol. The van der Waals surface area contributed by atoms with Gasteiger partial charge < -0.3 is 80.1 Å². The highest BCUT2D eigenvalue weighted by Crippen LogP contribution is 2.32. The summed E-state index contributed by atoms with van der Waals surface area (Å²) in [5.41, 5.74) is 0. The molecule has 0 saturated carbocycles. The predicted molar refractivity (Wildman–Crippen MR) is 113 cm³/mol. The van der Waals surface area contributed by atoms with Gasteiger partial charge in [-0.1, -0.05) is 0 Å². The molecule has 11 N–H and O–H groups in total. The molecule has 0 aromatic heterocycles. The van der Waals surface area contributed by atoms with Crippen LogP contribution in [0.4, 0.5) is 0 Å². The Labute approximate surface area is 210 Å². The maximum atomic E-state index is 11.7. The zero-order valence-electron chi connectivity index (χ0n) is 19.7. The largest absolute Gasteiger partial charge is 0.394 e. The van der Waals surface area contributed by atoms with Crippen LogP contribution in [0.3, 0.4) is 0 Å². The molecule has 3 heterocycles. The molecule has 3 fully saturated rings. The number of amides is 1. The SMILES string of the molecule is CC(=O)N[C@H]1[C@@H](O[C@H]2[C@@H](O[C@H]3C(O)O[C@H](CO)[C@H](O)[C@@H]3O)O[C@H](CO)[C@@H](O)[C@@H]2O)O[C@H](CO)[C@@H](O)[C@@H]1O. The number of rotatable bonds is 8. The third-order valence-electron chi connectivity index (χ3n) is 6.50. The van der Waals surface area contributed by atoms with Crippen LogP contribution in [0.15, 0.2) is 0 Å². The van der Waals surface area contributed by atoms with Crippen molar-refractivity contribution < 1.29 is 79.5 Å². The molecule has 0 bridgehead atoms. The van der Waals surface area contributed by atoms with E-state index in [4.69, 9.17) is 23.7 Å². The lowest BCUT2D eigenvalue weighted by atomic mass is 9.95. The Bertz CT molecular complexity index is 747. The maximum Gasteiger partial charge on any atom is 0.217 e. The first-order valence-corrected chi connectivity index (χ1v) is 11.6. The molecule has 0 aromatic rings. The lowest BCUT2D eigenvalue weighted by Crippen LogP contribution is -2.68. The standard InChI is InChI=1S/C20H35NO16/c1-5(25)21-9-13(29)10(26)7(3-23)34-19(9)37-17-15(31)12(28)8(4-24)35-20(17)36-16-14(30)11(27)6(2-22)33-18(16)32/h6-20,22-24,26-32H,2-4H2,1H3,(H,21,25)/t6-,7-,8-,9-,10-,11+,12-,13-,14+,15+,16-,17-,18?,19-,20-/m1/s1. The summed E-state index contributed by atoms with van der Waals surface area (Å²) in [7, 11) is 0. The van der Waals surface area contributed by atoms with Crippen LogP contribution in [0.2, 0.25) is 0 Å². The van der Waals surface area contributed by atoms with Crippen LogP contribution in [-0.2, 0) is 28.5 Å². The molecule has 0 aromatic carbocycles. The fraction of sp³-hybridized carbons (Fsp3) is 0.950. The third-order valence-corrected chi connectivity index (χ3v) is 6.50. The summed E-state index contributed by atoms with van der Waals surface area (Å²) in [6, 6.07) is -1.45. The number of hydrogen-bond donors (Lipinski definition) is 11. The molecule has 3 aliphatic rings. The molecule has 1 amide bonds. The second-order valence-corrected chi connectivity index (χ2v) is 9.07. The van der Waals surface area contributed by atoms with Gasteiger partial charge in [0.2, 0.25) is 5.91 Å². The molecule has 3 aliphatic heterocycles. The summed E-state index contributed by atoms with van der Waals surface area (Å²) in [6.45, 7) is -1.22. The second-order valence-electron chi connectivity index (χ2n) is 9.07. The molecular weight excluding hydrogens is 510 g/mol. The topological polar surface area (TPSA) is 278 Å². The summed E-state index contributed by atoms with van der Waals surface area (Å²) in [6.07, 6.45) is -23.6. The van der Waals surface area contributed by atoms with E-state index in [-0.39, 0.29) is 0 Å². The Morgan fingerprint density at radius 3 is 1.59 bits per heavy atom. The third kappa shape index (κ3) is 6.38. The van der Waals surface area contributed by atoms with Crippen LogP contribution >= 0.6 is 0 Å². The van der Waals surface area contributed by atoms with Crippen molar-refractivity contribution in [3.8, 4) is 0 Å². The van der Waals surface area contributed by atoms with Crippen molar-refractivity contribution in [1.82, 2.24) is 5.32 Å². The van der Waals surface area contributed by atoms with Gasteiger partial charge in [-0.3, -0.25) is 4.79 Å². The van der Waals surface area contributed by atoms with Gasteiger partial charge >= 0.3 is 0 Å². The maximum absolute atomic E-state index is 11.7. The van der Waals surface area contributed by atoms with Crippen LogP contribution in [0.1, 0.15) is 6.92 Å². The first-order valence-electron chi connectivity index (χ1n) is 11.6. The highest BCUT2D eigenvalue weighted by atomic mass is 16.8. The van der Waals surface area contributed by atoms with Gasteiger partial charge in [0.05, 0.1) is 19.8 Å². The molecule has 3 saturated heterocycles. The fourth-order valence-electron chi connectivity index (χ4n) is 4.43. The van der Waals surface area contributed by atoms with Crippen molar-refractivity contribution in [1.29, 1.82) is 0 Å². The summed E-state index contributed by atoms with van der Waals surface area (Å²) < 4.78 is 27.2. The van der Waals surface area contributed by atoms with Crippen LogP contribution in [0.5, 0.6) is 0 Å². The summed E-state index contributed by atoms with van der Waals surface area (Å²) in [5.74, 6) is -0.664. The highest BCUT2D eigenvalue weighted by molar-refractivity contribution is 5.73. The lowest BCUT2D eigenvalue weighted by Gasteiger charge is -2.48.